The average Bonchev–Trinajstić information content (AvgIpc) is 3.74. The Kier molecular flexibility index (Phi) is 5.63. The first-order chi connectivity index (χ1) is 24.8. The summed E-state index contributed by atoms with van der Waals surface area (Å²) >= 11 is 0. The van der Waals surface area contributed by atoms with Crippen molar-refractivity contribution >= 4 is 76.2 Å². The van der Waals surface area contributed by atoms with Crippen LogP contribution >= 0.6 is 0 Å². The summed E-state index contributed by atoms with van der Waals surface area (Å²) in [5, 5.41) is 11.9. The maximum Gasteiger partial charge on any atom is 0.231 e. The van der Waals surface area contributed by atoms with Gasteiger partial charge in [0.1, 0.15) is 5.58 Å². The number of benzene rings is 8. The SMILES string of the molecule is c1ccc2cc(-c3nc(-c4ccc(-n5c6ccc7ccccc7c6c6c7ccccc7ccc65)cc4)nc4oc5ccccc5c34)ccc2c1. The average molecular weight is 638 g/mol. The van der Waals surface area contributed by atoms with E-state index in [0.29, 0.717) is 11.5 Å². The second kappa shape index (κ2) is 10.4. The first-order valence-electron chi connectivity index (χ1n) is 16.9. The molecular formula is C46H27N3O. The van der Waals surface area contributed by atoms with Gasteiger partial charge in [0, 0.05) is 33.0 Å². The van der Waals surface area contributed by atoms with E-state index in [1.165, 1.54) is 54.1 Å². The van der Waals surface area contributed by atoms with Crippen LogP contribution in [0.25, 0.3) is 105 Å². The van der Waals surface area contributed by atoms with E-state index in [4.69, 9.17) is 14.4 Å². The van der Waals surface area contributed by atoms with E-state index in [0.717, 1.165) is 38.9 Å². The third kappa shape index (κ3) is 3.93. The zero-order valence-electron chi connectivity index (χ0n) is 26.8. The van der Waals surface area contributed by atoms with Crippen LogP contribution in [0.1, 0.15) is 0 Å². The molecule has 8 aromatic carbocycles. The van der Waals surface area contributed by atoms with E-state index < -0.39 is 0 Å². The topological polar surface area (TPSA) is 43.9 Å². The van der Waals surface area contributed by atoms with Crippen molar-refractivity contribution in [3.63, 3.8) is 0 Å². The highest BCUT2D eigenvalue weighted by Gasteiger charge is 2.20. The van der Waals surface area contributed by atoms with Gasteiger partial charge in [-0.1, -0.05) is 115 Å². The third-order valence-corrected chi connectivity index (χ3v) is 10.2. The summed E-state index contributed by atoms with van der Waals surface area (Å²) in [6, 6.07) is 58.0. The van der Waals surface area contributed by atoms with Crippen LogP contribution in [-0.4, -0.2) is 14.5 Å². The number of hydrogen-bond donors (Lipinski definition) is 0. The Balaban J connectivity index is 1.12. The summed E-state index contributed by atoms with van der Waals surface area (Å²) < 4.78 is 8.74. The van der Waals surface area contributed by atoms with E-state index in [1.807, 2.05) is 18.2 Å². The summed E-state index contributed by atoms with van der Waals surface area (Å²) in [6.07, 6.45) is 0. The molecule has 4 heteroatoms. The maximum atomic E-state index is 6.36. The molecule has 4 nitrogen and oxygen atoms in total. The molecule has 232 valence electrons. The van der Waals surface area contributed by atoms with Crippen molar-refractivity contribution in [3.05, 3.63) is 164 Å². The van der Waals surface area contributed by atoms with Gasteiger partial charge in [-0.25, -0.2) is 4.98 Å². The summed E-state index contributed by atoms with van der Waals surface area (Å²) in [5.74, 6) is 0.630. The van der Waals surface area contributed by atoms with Gasteiger partial charge < -0.3 is 8.98 Å². The lowest BCUT2D eigenvalue weighted by Crippen LogP contribution is -1.96. The Bertz CT molecular complexity index is 3060. The number of fused-ring (bicyclic) bond motifs is 11. The molecule has 0 spiro atoms. The van der Waals surface area contributed by atoms with Crippen molar-refractivity contribution in [2.24, 2.45) is 0 Å². The normalized spacial score (nSPS) is 12.0. The van der Waals surface area contributed by atoms with Crippen molar-refractivity contribution in [2.75, 3.05) is 0 Å². The molecule has 0 saturated heterocycles. The highest BCUT2D eigenvalue weighted by molar-refractivity contribution is 6.28. The van der Waals surface area contributed by atoms with Crippen LogP contribution in [0.4, 0.5) is 0 Å². The van der Waals surface area contributed by atoms with Gasteiger partial charge in [-0.3, -0.25) is 0 Å². The fraction of sp³-hybridized carbons (Fsp3) is 0. The summed E-state index contributed by atoms with van der Waals surface area (Å²) in [6.45, 7) is 0. The highest BCUT2D eigenvalue weighted by Crippen LogP contribution is 2.41. The van der Waals surface area contributed by atoms with Gasteiger partial charge in [-0.2, -0.15) is 4.98 Å². The van der Waals surface area contributed by atoms with Gasteiger partial charge in [0.2, 0.25) is 5.71 Å². The number of aromatic nitrogens is 3. The Labute approximate surface area is 286 Å². The van der Waals surface area contributed by atoms with Gasteiger partial charge in [0.05, 0.1) is 22.1 Å². The Hall–Kier alpha value is -6.78. The van der Waals surface area contributed by atoms with E-state index >= 15 is 0 Å². The predicted octanol–water partition coefficient (Wildman–Crippen LogP) is 12.3. The van der Waals surface area contributed by atoms with Crippen LogP contribution in [0.2, 0.25) is 0 Å². The Morgan fingerprint density at radius 1 is 0.420 bits per heavy atom. The van der Waals surface area contributed by atoms with Crippen molar-refractivity contribution in [1.82, 2.24) is 14.5 Å². The summed E-state index contributed by atoms with van der Waals surface area (Å²) in [4.78, 5) is 10.3. The molecule has 50 heavy (non-hydrogen) atoms. The van der Waals surface area contributed by atoms with Crippen LogP contribution in [0, 0.1) is 0 Å². The number of nitrogens with zero attached hydrogens (tertiary/aromatic N) is 3. The van der Waals surface area contributed by atoms with Crippen molar-refractivity contribution in [1.29, 1.82) is 0 Å². The molecule has 11 aromatic rings. The van der Waals surface area contributed by atoms with E-state index in [1.54, 1.807) is 0 Å². The Morgan fingerprint density at radius 2 is 0.980 bits per heavy atom. The summed E-state index contributed by atoms with van der Waals surface area (Å²) in [5.41, 5.74) is 7.66. The first kappa shape index (κ1) is 27.2. The number of hydrogen-bond acceptors (Lipinski definition) is 3. The lowest BCUT2D eigenvalue weighted by molar-refractivity contribution is 0.653. The Morgan fingerprint density at radius 3 is 1.68 bits per heavy atom. The monoisotopic (exact) mass is 637 g/mol. The first-order valence-corrected chi connectivity index (χ1v) is 16.9. The van der Waals surface area contributed by atoms with Crippen molar-refractivity contribution < 1.29 is 4.42 Å². The fourth-order valence-corrected chi connectivity index (χ4v) is 7.88. The van der Waals surface area contributed by atoms with Gasteiger partial charge in [0.15, 0.2) is 5.82 Å². The molecule has 0 radical (unpaired) electrons. The lowest BCUT2D eigenvalue weighted by Gasteiger charge is -2.11. The minimum absolute atomic E-state index is 0.588. The van der Waals surface area contributed by atoms with Gasteiger partial charge in [-0.15, -0.1) is 0 Å². The number of rotatable bonds is 3. The van der Waals surface area contributed by atoms with Crippen LogP contribution in [0.3, 0.4) is 0 Å². The van der Waals surface area contributed by atoms with Crippen LogP contribution in [0.5, 0.6) is 0 Å². The molecule has 11 rings (SSSR count). The van der Waals surface area contributed by atoms with Crippen LogP contribution in [0.15, 0.2) is 168 Å². The van der Waals surface area contributed by atoms with Crippen LogP contribution in [-0.2, 0) is 0 Å². The van der Waals surface area contributed by atoms with Crippen molar-refractivity contribution in [2.45, 2.75) is 0 Å². The molecule has 0 aliphatic carbocycles. The molecule has 0 saturated carbocycles. The third-order valence-electron chi connectivity index (χ3n) is 10.2. The highest BCUT2D eigenvalue weighted by atomic mass is 16.3. The molecule has 3 aromatic heterocycles. The molecule has 0 atom stereocenters. The molecule has 3 heterocycles. The molecular weight excluding hydrogens is 611 g/mol. The molecule has 0 bridgehead atoms. The smallest absolute Gasteiger partial charge is 0.231 e. The molecule has 0 aliphatic heterocycles. The van der Waals surface area contributed by atoms with Gasteiger partial charge in [-0.05, 0) is 80.8 Å². The molecule has 0 unspecified atom stereocenters. The summed E-state index contributed by atoms with van der Waals surface area (Å²) in [7, 11) is 0. The minimum atomic E-state index is 0.588. The van der Waals surface area contributed by atoms with E-state index in [2.05, 4.69) is 150 Å². The standard InChI is InChI=1S/C46H27N3O/c1-2-12-32-27-33(18-17-28(32)9-1)44-43-37-15-7-8-16-40(37)50-46(43)48-45(47-44)31-19-23-34(24-20-31)49-38-25-21-29-10-3-5-13-35(29)41(38)42-36-14-6-4-11-30(36)22-26-39(42)49/h1-27H. The van der Waals surface area contributed by atoms with Gasteiger partial charge >= 0.3 is 0 Å². The predicted molar refractivity (Wildman–Crippen MR) is 207 cm³/mol. The second-order valence-corrected chi connectivity index (χ2v) is 13.0. The van der Waals surface area contributed by atoms with Crippen molar-refractivity contribution in [3.8, 4) is 28.3 Å². The largest absolute Gasteiger partial charge is 0.438 e. The van der Waals surface area contributed by atoms with Gasteiger partial charge in [0.25, 0.3) is 0 Å². The van der Waals surface area contributed by atoms with E-state index in [-0.39, 0.29) is 0 Å². The maximum absolute atomic E-state index is 6.36. The number of para-hydroxylation sites is 1. The molecule has 0 N–H and O–H groups in total. The van der Waals surface area contributed by atoms with E-state index in [9.17, 15) is 0 Å². The zero-order chi connectivity index (χ0) is 32.8. The molecule has 0 aliphatic rings. The second-order valence-electron chi connectivity index (χ2n) is 13.0. The van der Waals surface area contributed by atoms with Crippen LogP contribution < -0.4 is 0 Å². The number of furan rings is 1. The zero-order valence-corrected chi connectivity index (χ0v) is 26.8. The lowest BCUT2D eigenvalue weighted by atomic mass is 10.00. The minimum Gasteiger partial charge on any atom is -0.438 e. The fourth-order valence-electron chi connectivity index (χ4n) is 7.88. The quantitative estimate of drug-likeness (QED) is 0.194. The molecule has 0 amide bonds. The molecule has 0 fully saturated rings.